The van der Waals surface area contributed by atoms with Gasteiger partial charge < -0.3 is 14.6 Å². The molecule has 1 aliphatic rings. The largest absolute Gasteiger partial charge is 0.379 e. The van der Waals surface area contributed by atoms with E-state index in [9.17, 15) is 9.18 Å². The minimum atomic E-state index is -0.411. The first-order valence-corrected chi connectivity index (χ1v) is 12.2. The number of halogens is 1. The van der Waals surface area contributed by atoms with Crippen molar-refractivity contribution in [2.24, 2.45) is 7.05 Å². The van der Waals surface area contributed by atoms with Gasteiger partial charge in [0.1, 0.15) is 5.82 Å². The number of benzene rings is 1. The third-order valence-corrected chi connectivity index (χ3v) is 7.05. The van der Waals surface area contributed by atoms with Gasteiger partial charge in [0.15, 0.2) is 11.0 Å². The molecule has 1 N–H and O–H groups in total. The van der Waals surface area contributed by atoms with E-state index in [-0.39, 0.29) is 11.7 Å². The number of amides is 1. The van der Waals surface area contributed by atoms with Gasteiger partial charge in [0.05, 0.1) is 35.5 Å². The predicted molar refractivity (Wildman–Crippen MR) is 129 cm³/mol. The van der Waals surface area contributed by atoms with E-state index in [1.54, 1.807) is 16.8 Å². The average molecular weight is 488 g/mol. The molecule has 4 rings (SSSR count). The Hall–Kier alpha value is -2.76. The van der Waals surface area contributed by atoms with Crippen molar-refractivity contribution >= 4 is 23.4 Å². The quantitative estimate of drug-likeness (QED) is 0.489. The van der Waals surface area contributed by atoms with E-state index < -0.39 is 5.25 Å². The highest BCUT2D eigenvalue weighted by molar-refractivity contribution is 8.00. The summed E-state index contributed by atoms with van der Waals surface area (Å²) < 4.78 is 22.7. The van der Waals surface area contributed by atoms with E-state index in [0.29, 0.717) is 17.5 Å². The first-order valence-electron chi connectivity index (χ1n) is 11.3. The van der Waals surface area contributed by atoms with Gasteiger partial charge in [0, 0.05) is 38.8 Å². The van der Waals surface area contributed by atoms with Crippen molar-refractivity contribution in [3.05, 3.63) is 41.5 Å². The van der Waals surface area contributed by atoms with Gasteiger partial charge in [-0.15, -0.1) is 10.2 Å². The first kappa shape index (κ1) is 24.4. The Morgan fingerprint density at radius 2 is 1.88 bits per heavy atom. The highest BCUT2D eigenvalue weighted by atomic mass is 32.2. The lowest BCUT2D eigenvalue weighted by atomic mass is 10.2. The molecule has 182 valence electrons. The highest BCUT2D eigenvalue weighted by Gasteiger charge is 2.23. The Labute approximate surface area is 202 Å². The number of carbonyl (C=O) groups is 1. The maximum atomic E-state index is 13.5. The molecule has 3 heterocycles. The third kappa shape index (κ3) is 5.48. The standard InChI is InChI=1S/C23H30FN7O2S/c1-15-20(16(2)29(4)28-15)25-22(32)17(3)34-23-27-26-21(18-5-7-19(24)8-6-18)31(23)10-9-30-11-13-33-14-12-30/h5-8,17H,9-14H2,1-4H3,(H,25,32). The van der Waals surface area contributed by atoms with Gasteiger partial charge in [-0.2, -0.15) is 5.10 Å². The van der Waals surface area contributed by atoms with Gasteiger partial charge in [-0.3, -0.25) is 14.4 Å². The number of hydrogen-bond donors (Lipinski definition) is 1. The van der Waals surface area contributed by atoms with Crippen LogP contribution in [0.2, 0.25) is 0 Å². The number of aromatic nitrogens is 5. The Morgan fingerprint density at radius 3 is 2.53 bits per heavy atom. The average Bonchev–Trinajstić information content (AvgIpc) is 3.33. The number of nitrogens with zero attached hydrogens (tertiary/aromatic N) is 6. The van der Waals surface area contributed by atoms with Gasteiger partial charge in [-0.25, -0.2) is 4.39 Å². The summed E-state index contributed by atoms with van der Waals surface area (Å²) in [6.45, 7) is 10.3. The smallest absolute Gasteiger partial charge is 0.237 e. The van der Waals surface area contributed by atoms with E-state index in [1.165, 1.54) is 23.9 Å². The second-order valence-electron chi connectivity index (χ2n) is 8.34. The van der Waals surface area contributed by atoms with Crippen LogP contribution in [0.25, 0.3) is 11.4 Å². The lowest BCUT2D eigenvalue weighted by Gasteiger charge is -2.27. The van der Waals surface area contributed by atoms with Gasteiger partial charge in [-0.1, -0.05) is 11.8 Å². The van der Waals surface area contributed by atoms with E-state index >= 15 is 0 Å². The molecule has 1 saturated heterocycles. The molecule has 0 aliphatic carbocycles. The topological polar surface area (TPSA) is 90.1 Å². The van der Waals surface area contributed by atoms with Crippen molar-refractivity contribution in [3.8, 4) is 11.4 Å². The van der Waals surface area contributed by atoms with Crippen LogP contribution in [-0.4, -0.2) is 73.5 Å². The minimum Gasteiger partial charge on any atom is -0.379 e. The Bertz CT molecular complexity index is 1140. The van der Waals surface area contributed by atoms with Crippen molar-refractivity contribution in [1.82, 2.24) is 29.4 Å². The molecule has 34 heavy (non-hydrogen) atoms. The number of rotatable bonds is 8. The summed E-state index contributed by atoms with van der Waals surface area (Å²) in [4.78, 5) is 15.3. The molecule has 1 aliphatic heterocycles. The molecule has 0 saturated carbocycles. The molecular weight excluding hydrogens is 457 g/mol. The van der Waals surface area contributed by atoms with Crippen molar-refractivity contribution in [1.29, 1.82) is 0 Å². The zero-order valence-electron chi connectivity index (χ0n) is 19.9. The Balaban J connectivity index is 1.53. The zero-order valence-corrected chi connectivity index (χ0v) is 20.7. The number of ether oxygens (including phenoxy) is 1. The van der Waals surface area contributed by atoms with Crippen molar-refractivity contribution in [2.75, 3.05) is 38.2 Å². The number of carbonyl (C=O) groups excluding carboxylic acids is 1. The SMILES string of the molecule is Cc1nn(C)c(C)c1NC(=O)C(C)Sc1nnc(-c2ccc(F)cc2)n1CCN1CCOCC1. The Morgan fingerprint density at radius 1 is 1.18 bits per heavy atom. The summed E-state index contributed by atoms with van der Waals surface area (Å²) >= 11 is 1.35. The summed E-state index contributed by atoms with van der Waals surface area (Å²) in [5, 5.41) is 16.4. The van der Waals surface area contributed by atoms with Crippen LogP contribution < -0.4 is 5.32 Å². The molecule has 3 aromatic rings. The third-order valence-electron chi connectivity index (χ3n) is 5.97. The van der Waals surface area contributed by atoms with Crippen LogP contribution in [0, 0.1) is 19.7 Å². The Kier molecular flexibility index (Phi) is 7.64. The number of hydrogen-bond acceptors (Lipinski definition) is 7. The molecule has 11 heteroatoms. The fourth-order valence-corrected chi connectivity index (χ4v) is 4.72. The number of aryl methyl sites for hydroxylation is 2. The fraction of sp³-hybridized carbons (Fsp3) is 0.478. The number of thioether (sulfide) groups is 1. The first-order chi connectivity index (χ1) is 16.3. The summed E-state index contributed by atoms with van der Waals surface area (Å²) in [7, 11) is 1.85. The summed E-state index contributed by atoms with van der Waals surface area (Å²) in [6, 6.07) is 6.22. The summed E-state index contributed by atoms with van der Waals surface area (Å²) in [5.74, 6) is 0.224. The van der Waals surface area contributed by atoms with Crippen LogP contribution in [-0.2, 0) is 23.1 Å². The van der Waals surface area contributed by atoms with E-state index in [1.807, 2.05) is 32.4 Å². The van der Waals surface area contributed by atoms with Gasteiger partial charge in [-0.05, 0) is 45.0 Å². The lowest BCUT2D eigenvalue weighted by Crippen LogP contribution is -2.38. The van der Waals surface area contributed by atoms with Crippen LogP contribution >= 0.6 is 11.8 Å². The van der Waals surface area contributed by atoms with Crippen molar-refractivity contribution in [2.45, 2.75) is 37.7 Å². The molecule has 1 unspecified atom stereocenters. The number of morpholine rings is 1. The van der Waals surface area contributed by atoms with E-state index in [0.717, 1.165) is 55.5 Å². The fourth-order valence-electron chi connectivity index (χ4n) is 3.85. The molecule has 0 radical (unpaired) electrons. The summed E-state index contributed by atoms with van der Waals surface area (Å²) in [6.07, 6.45) is 0. The minimum absolute atomic E-state index is 0.129. The van der Waals surface area contributed by atoms with Crippen LogP contribution in [0.1, 0.15) is 18.3 Å². The second-order valence-corrected chi connectivity index (χ2v) is 9.65. The maximum absolute atomic E-state index is 13.5. The molecule has 1 aromatic carbocycles. The lowest BCUT2D eigenvalue weighted by molar-refractivity contribution is -0.115. The van der Waals surface area contributed by atoms with E-state index in [4.69, 9.17) is 4.74 Å². The molecular formula is C23H30FN7O2S. The summed E-state index contributed by atoms with van der Waals surface area (Å²) in [5.41, 5.74) is 3.19. The van der Waals surface area contributed by atoms with Crippen LogP contribution in [0.15, 0.2) is 29.4 Å². The van der Waals surface area contributed by atoms with Crippen LogP contribution in [0.3, 0.4) is 0 Å². The van der Waals surface area contributed by atoms with Gasteiger partial charge in [0.25, 0.3) is 0 Å². The normalized spacial score (nSPS) is 15.4. The molecule has 9 nitrogen and oxygen atoms in total. The molecule has 0 bridgehead atoms. The van der Waals surface area contributed by atoms with Crippen molar-refractivity contribution in [3.63, 3.8) is 0 Å². The van der Waals surface area contributed by atoms with Gasteiger partial charge >= 0.3 is 0 Å². The molecule has 0 spiro atoms. The molecule has 1 atom stereocenters. The highest BCUT2D eigenvalue weighted by Crippen LogP contribution is 2.28. The molecule has 1 fully saturated rings. The number of anilines is 1. The van der Waals surface area contributed by atoms with Crippen LogP contribution in [0.5, 0.6) is 0 Å². The van der Waals surface area contributed by atoms with E-state index in [2.05, 4.69) is 25.5 Å². The maximum Gasteiger partial charge on any atom is 0.237 e. The predicted octanol–water partition coefficient (Wildman–Crippen LogP) is 2.89. The molecule has 2 aromatic heterocycles. The monoisotopic (exact) mass is 487 g/mol. The second kappa shape index (κ2) is 10.7. The van der Waals surface area contributed by atoms with Crippen LogP contribution in [0.4, 0.5) is 10.1 Å². The number of nitrogens with one attached hydrogen (secondary N) is 1. The zero-order chi connectivity index (χ0) is 24.2. The van der Waals surface area contributed by atoms with Crippen molar-refractivity contribution < 1.29 is 13.9 Å². The van der Waals surface area contributed by atoms with Gasteiger partial charge in [0.2, 0.25) is 5.91 Å². The molecule has 1 amide bonds.